The number of halogens is 2. The average molecular weight is 366 g/mol. The van der Waals surface area contributed by atoms with E-state index in [9.17, 15) is 0 Å². The molecule has 1 nitrogen and oxygen atoms in total. The van der Waals surface area contributed by atoms with Crippen molar-refractivity contribution in [1.29, 1.82) is 0 Å². The summed E-state index contributed by atoms with van der Waals surface area (Å²) >= 11 is 8.47. The molecule has 0 saturated carbocycles. The molecule has 0 aliphatic rings. The van der Waals surface area contributed by atoms with Crippen LogP contribution in [0, 0.1) is 8.99 Å². The molecule has 1 atom stereocenters. The molecule has 0 radical (unpaired) electrons. The summed E-state index contributed by atoms with van der Waals surface area (Å²) < 4.78 is 1.17. The third-order valence-corrected chi connectivity index (χ3v) is 3.64. The van der Waals surface area contributed by atoms with Crippen molar-refractivity contribution in [1.82, 2.24) is 0 Å². The van der Waals surface area contributed by atoms with Crippen LogP contribution in [-0.2, 0) is 0 Å². The van der Waals surface area contributed by atoms with Crippen LogP contribution >= 0.6 is 34.2 Å². The first-order chi connectivity index (χ1) is 7.78. The first-order valence-electron chi connectivity index (χ1n) is 5.99. The Morgan fingerprint density at radius 1 is 1.35 bits per heavy atom. The zero-order valence-corrected chi connectivity index (χ0v) is 13.9. The topological polar surface area (TPSA) is 12.0 Å². The van der Waals surface area contributed by atoms with Crippen molar-refractivity contribution in [3.63, 3.8) is 0 Å². The quantitative estimate of drug-likeness (QED) is 0.688. The molecule has 3 heteroatoms. The first kappa shape index (κ1) is 15.1. The van der Waals surface area contributed by atoms with Crippen molar-refractivity contribution in [2.45, 2.75) is 46.6 Å². The summed E-state index contributed by atoms with van der Waals surface area (Å²) in [5, 5.41) is 4.28. The SMILES string of the molecule is CC(CCC(C)(C)C)Nc1ccc(I)cc1Cl. The predicted octanol–water partition coefficient (Wildman–Crippen LogP) is 5.57. The molecule has 1 N–H and O–H groups in total. The maximum Gasteiger partial charge on any atom is 0.0648 e. The molecular weight excluding hydrogens is 345 g/mol. The molecular formula is C14H21ClIN. The number of hydrogen-bond acceptors (Lipinski definition) is 1. The molecule has 0 saturated heterocycles. The van der Waals surface area contributed by atoms with Crippen molar-refractivity contribution in [3.8, 4) is 0 Å². The van der Waals surface area contributed by atoms with E-state index in [2.05, 4.69) is 67.7 Å². The van der Waals surface area contributed by atoms with Gasteiger partial charge in [0.2, 0.25) is 0 Å². The normalized spacial score (nSPS) is 13.5. The van der Waals surface area contributed by atoms with E-state index in [1.165, 1.54) is 9.99 Å². The van der Waals surface area contributed by atoms with Crippen LogP contribution < -0.4 is 5.32 Å². The fraction of sp³-hybridized carbons (Fsp3) is 0.571. The predicted molar refractivity (Wildman–Crippen MR) is 85.9 cm³/mol. The van der Waals surface area contributed by atoms with Gasteiger partial charge in [0.05, 0.1) is 10.7 Å². The van der Waals surface area contributed by atoms with Crippen LogP contribution in [0.1, 0.15) is 40.5 Å². The van der Waals surface area contributed by atoms with Gasteiger partial charge in [-0.3, -0.25) is 0 Å². The summed E-state index contributed by atoms with van der Waals surface area (Å²) in [5.41, 5.74) is 1.43. The Hall–Kier alpha value is 0.0400. The van der Waals surface area contributed by atoms with Gasteiger partial charge in [-0.2, -0.15) is 0 Å². The van der Waals surface area contributed by atoms with Gasteiger partial charge in [-0.25, -0.2) is 0 Å². The Kier molecular flexibility index (Phi) is 5.58. The van der Waals surface area contributed by atoms with E-state index in [1.54, 1.807) is 0 Å². The van der Waals surface area contributed by atoms with E-state index < -0.39 is 0 Å². The standard InChI is InChI=1S/C14H21ClIN/c1-10(7-8-14(2,3)4)17-13-6-5-11(16)9-12(13)15/h5-6,9-10,17H,7-8H2,1-4H3. The van der Waals surface area contributed by atoms with Gasteiger partial charge in [-0.15, -0.1) is 0 Å². The highest BCUT2D eigenvalue weighted by Gasteiger charge is 2.13. The molecule has 0 aliphatic carbocycles. The third kappa shape index (κ3) is 5.96. The molecule has 17 heavy (non-hydrogen) atoms. The van der Waals surface area contributed by atoms with Gasteiger partial charge in [0.1, 0.15) is 0 Å². The zero-order valence-electron chi connectivity index (χ0n) is 11.0. The molecule has 1 rings (SSSR count). The van der Waals surface area contributed by atoms with E-state index in [0.29, 0.717) is 11.5 Å². The molecule has 96 valence electrons. The highest BCUT2D eigenvalue weighted by Crippen LogP contribution is 2.26. The second-order valence-electron chi connectivity index (χ2n) is 5.77. The summed E-state index contributed by atoms with van der Waals surface area (Å²) in [7, 11) is 0. The van der Waals surface area contributed by atoms with Gasteiger partial charge in [-0.1, -0.05) is 32.4 Å². The second-order valence-corrected chi connectivity index (χ2v) is 7.42. The smallest absolute Gasteiger partial charge is 0.0648 e. The van der Waals surface area contributed by atoms with E-state index >= 15 is 0 Å². The van der Waals surface area contributed by atoms with Crippen LogP contribution in [0.2, 0.25) is 5.02 Å². The van der Waals surface area contributed by atoms with Gasteiger partial charge < -0.3 is 5.32 Å². The van der Waals surface area contributed by atoms with Gasteiger partial charge in [0, 0.05) is 9.61 Å². The van der Waals surface area contributed by atoms with Crippen LogP contribution in [0.4, 0.5) is 5.69 Å². The van der Waals surface area contributed by atoms with Gasteiger partial charge in [0.15, 0.2) is 0 Å². The number of hydrogen-bond donors (Lipinski definition) is 1. The molecule has 1 aromatic rings. The fourth-order valence-electron chi connectivity index (χ4n) is 1.59. The lowest BCUT2D eigenvalue weighted by molar-refractivity contribution is 0.357. The fourth-order valence-corrected chi connectivity index (χ4v) is 2.50. The molecule has 0 aromatic heterocycles. The van der Waals surface area contributed by atoms with Crippen LogP contribution in [0.15, 0.2) is 18.2 Å². The second kappa shape index (κ2) is 6.28. The molecule has 0 spiro atoms. The number of benzene rings is 1. The average Bonchev–Trinajstić information content (AvgIpc) is 2.18. The van der Waals surface area contributed by atoms with Gasteiger partial charge >= 0.3 is 0 Å². The van der Waals surface area contributed by atoms with Crippen LogP contribution in [0.5, 0.6) is 0 Å². The maximum absolute atomic E-state index is 6.20. The molecule has 1 aromatic carbocycles. The van der Waals surface area contributed by atoms with E-state index in [4.69, 9.17) is 11.6 Å². The van der Waals surface area contributed by atoms with Crippen molar-refractivity contribution in [2.24, 2.45) is 5.41 Å². The summed E-state index contributed by atoms with van der Waals surface area (Å²) in [5.74, 6) is 0. The molecule has 0 aliphatic heterocycles. The highest BCUT2D eigenvalue weighted by atomic mass is 127. The van der Waals surface area contributed by atoms with Gasteiger partial charge in [-0.05, 0) is 66.0 Å². The van der Waals surface area contributed by atoms with Crippen LogP contribution in [0.3, 0.4) is 0 Å². The first-order valence-corrected chi connectivity index (χ1v) is 7.45. The third-order valence-electron chi connectivity index (χ3n) is 2.66. The molecule has 0 amide bonds. The summed E-state index contributed by atoms with van der Waals surface area (Å²) in [6, 6.07) is 6.57. The lowest BCUT2D eigenvalue weighted by Crippen LogP contribution is -2.18. The molecule has 0 fully saturated rings. The lowest BCUT2D eigenvalue weighted by Gasteiger charge is -2.22. The minimum atomic E-state index is 0.395. The van der Waals surface area contributed by atoms with Crippen molar-refractivity contribution < 1.29 is 0 Å². The summed E-state index contributed by atoms with van der Waals surface area (Å²) in [6.45, 7) is 9.03. The Morgan fingerprint density at radius 3 is 2.53 bits per heavy atom. The van der Waals surface area contributed by atoms with Gasteiger partial charge in [0.25, 0.3) is 0 Å². The van der Waals surface area contributed by atoms with Crippen LogP contribution in [0.25, 0.3) is 0 Å². The monoisotopic (exact) mass is 365 g/mol. The Morgan fingerprint density at radius 2 is 2.00 bits per heavy atom. The number of nitrogens with one attached hydrogen (secondary N) is 1. The zero-order chi connectivity index (χ0) is 13.1. The van der Waals surface area contributed by atoms with Crippen LogP contribution in [-0.4, -0.2) is 6.04 Å². The highest BCUT2D eigenvalue weighted by molar-refractivity contribution is 14.1. The Labute approximate surface area is 123 Å². The van der Waals surface area contributed by atoms with E-state index in [1.807, 2.05) is 6.07 Å². The maximum atomic E-state index is 6.20. The van der Waals surface area contributed by atoms with E-state index in [0.717, 1.165) is 17.1 Å². The molecule has 0 heterocycles. The molecule has 1 unspecified atom stereocenters. The van der Waals surface area contributed by atoms with Crippen molar-refractivity contribution in [2.75, 3.05) is 5.32 Å². The number of anilines is 1. The Bertz CT molecular complexity index is 371. The largest absolute Gasteiger partial charge is 0.381 e. The minimum Gasteiger partial charge on any atom is -0.381 e. The molecule has 0 bridgehead atoms. The summed E-state index contributed by atoms with van der Waals surface area (Å²) in [4.78, 5) is 0. The van der Waals surface area contributed by atoms with Crippen molar-refractivity contribution >= 4 is 39.9 Å². The van der Waals surface area contributed by atoms with E-state index in [-0.39, 0.29) is 0 Å². The summed E-state index contributed by atoms with van der Waals surface area (Å²) in [6.07, 6.45) is 2.37. The lowest BCUT2D eigenvalue weighted by atomic mass is 9.89. The number of rotatable bonds is 4. The van der Waals surface area contributed by atoms with Crippen molar-refractivity contribution in [3.05, 3.63) is 26.8 Å². The Balaban J connectivity index is 2.53. The minimum absolute atomic E-state index is 0.395.